The van der Waals surface area contributed by atoms with Gasteiger partial charge in [-0.05, 0) is 68.9 Å². The molecule has 0 N–H and O–H groups in total. The largest absolute Gasteiger partial charge is 0.354 e. The average Bonchev–Trinajstić information content (AvgIpc) is 3.12. The Balaban J connectivity index is 1.70. The second-order valence-electron chi connectivity index (χ2n) is 9.94. The van der Waals surface area contributed by atoms with Crippen molar-refractivity contribution in [2.24, 2.45) is 0 Å². The molecule has 1 atom stereocenters. The van der Waals surface area contributed by atoms with E-state index in [2.05, 4.69) is 85.3 Å². The van der Waals surface area contributed by atoms with Gasteiger partial charge in [0.2, 0.25) is 0 Å². The van der Waals surface area contributed by atoms with Crippen LogP contribution in [0.2, 0.25) is 0 Å². The molecule has 2 aliphatic heterocycles. The lowest BCUT2D eigenvalue weighted by Crippen LogP contribution is -2.43. The maximum Gasteiger partial charge on any atom is 0.121 e. The SMILES string of the molecule is CCCCN(CCCC)CCC1(c2ccccc2)OC2(CCN(C)CC2)c2ccccc21. The smallest absolute Gasteiger partial charge is 0.121 e. The number of nitrogens with zero attached hydrogens (tertiary/aromatic N) is 2. The first kappa shape index (κ1) is 23.5. The number of likely N-dealkylation sites (tertiary alicyclic amines) is 1. The fraction of sp³-hybridized carbons (Fsp3) is 0.586. The van der Waals surface area contributed by atoms with Gasteiger partial charge in [-0.15, -0.1) is 0 Å². The molecule has 2 aliphatic rings. The molecule has 3 nitrogen and oxygen atoms in total. The van der Waals surface area contributed by atoms with E-state index in [-0.39, 0.29) is 11.2 Å². The van der Waals surface area contributed by atoms with Gasteiger partial charge in [-0.3, -0.25) is 0 Å². The third-order valence-corrected chi connectivity index (χ3v) is 7.69. The number of rotatable bonds is 10. The van der Waals surface area contributed by atoms with Gasteiger partial charge >= 0.3 is 0 Å². The van der Waals surface area contributed by atoms with Crippen LogP contribution in [0, 0.1) is 0 Å². The van der Waals surface area contributed by atoms with Gasteiger partial charge in [-0.25, -0.2) is 0 Å². The van der Waals surface area contributed by atoms with Gasteiger partial charge in [-0.1, -0.05) is 81.3 Å². The van der Waals surface area contributed by atoms with E-state index in [0.29, 0.717) is 0 Å². The summed E-state index contributed by atoms with van der Waals surface area (Å²) in [6.45, 7) is 10.3. The molecule has 0 aliphatic carbocycles. The molecule has 0 radical (unpaired) electrons. The summed E-state index contributed by atoms with van der Waals surface area (Å²) >= 11 is 0. The molecule has 3 heteroatoms. The van der Waals surface area contributed by atoms with Crippen molar-refractivity contribution in [2.45, 2.75) is 70.0 Å². The van der Waals surface area contributed by atoms with Crippen LogP contribution in [-0.4, -0.2) is 49.6 Å². The molecule has 0 aromatic heterocycles. The molecule has 1 spiro atoms. The Labute approximate surface area is 195 Å². The summed E-state index contributed by atoms with van der Waals surface area (Å²) in [5.74, 6) is 0. The first-order chi connectivity index (χ1) is 15.6. The van der Waals surface area contributed by atoms with Crippen molar-refractivity contribution in [3.63, 3.8) is 0 Å². The number of fused-ring (bicyclic) bond motifs is 2. The van der Waals surface area contributed by atoms with Crippen molar-refractivity contribution in [3.05, 3.63) is 71.3 Å². The van der Waals surface area contributed by atoms with Crippen LogP contribution in [0.15, 0.2) is 54.6 Å². The molecule has 1 saturated heterocycles. The summed E-state index contributed by atoms with van der Waals surface area (Å²) in [4.78, 5) is 5.13. The number of benzene rings is 2. The highest BCUT2D eigenvalue weighted by atomic mass is 16.5. The predicted molar refractivity (Wildman–Crippen MR) is 134 cm³/mol. The standard InChI is InChI=1S/C29H42N2O/c1-4-6-20-31(21-7-5-2)24-19-29(25-13-9-8-10-14-25)27-16-12-11-15-26(27)28(32-29)17-22-30(3)23-18-28/h8-16H,4-7,17-24H2,1-3H3. The monoisotopic (exact) mass is 434 g/mol. The molecule has 4 rings (SSSR count). The van der Waals surface area contributed by atoms with Crippen LogP contribution in [0.25, 0.3) is 0 Å². The third-order valence-electron chi connectivity index (χ3n) is 7.69. The Morgan fingerprint density at radius 1 is 0.812 bits per heavy atom. The topological polar surface area (TPSA) is 15.7 Å². The lowest BCUT2D eigenvalue weighted by Gasteiger charge is -2.41. The first-order valence-electron chi connectivity index (χ1n) is 12.9. The molecule has 1 unspecified atom stereocenters. The molecular weight excluding hydrogens is 392 g/mol. The Morgan fingerprint density at radius 3 is 2.03 bits per heavy atom. The van der Waals surface area contributed by atoms with Gasteiger partial charge in [0.25, 0.3) is 0 Å². The van der Waals surface area contributed by atoms with Crippen molar-refractivity contribution < 1.29 is 4.74 Å². The van der Waals surface area contributed by atoms with Gasteiger partial charge in [0, 0.05) is 19.6 Å². The fourth-order valence-corrected chi connectivity index (χ4v) is 5.69. The van der Waals surface area contributed by atoms with E-state index < -0.39 is 0 Å². The Morgan fingerprint density at radius 2 is 1.41 bits per heavy atom. The Kier molecular flexibility index (Phi) is 7.70. The van der Waals surface area contributed by atoms with Crippen LogP contribution in [0.1, 0.15) is 75.5 Å². The zero-order chi connectivity index (χ0) is 22.4. The molecule has 0 amide bonds. The van der Waals surface area contributed by atoms with E-state index in [4.69, 9.17) is 4.74 Å². The van der Waals surface area contributed by atoms with E-state index in [1.165, 1.54) is 55.5 Å². The van der Waals surface area contributed by atoms with E-state index in [9.17, 15) is 0 Å². The lowest BCUT2D eigenvalue weighted by molar-refractivity contribution is -0.150. The summed E-state index contributed by atoms with van der Waals surface area (Å²) in [6.07, 6.45) is 8.21. The van der Waals surface area contributed by atoms with Gasteiger partial charge < -0.3 is 14.5 Å². The van der Waals surface area contributed by atoms with Crippen molar-refractivity contribution in [2.75, 3.05) is 39.8 Å². The molecule has 0 bridgehead atoms. The quantitative estimate of drug-likeness (QED) is 0.444. The zero-order valence-electron chi connectivity index (χ0n) is 20.5. The number of hydrogen-bond donors (Lipinski definition) is 0. The minimum Gasteiger partial charge on any atom is -0.354 e. The van der Waals surface area contributed by atoms with Crippen molar-refractivity contribution >= 4 is 0 Å². The highest BCUT2D eigenvalue weighted by Crippen LogP contribution is 2.56. The first-order valence-corrected chi connectivity index (χ1v) is 12.9. The highest BCUT2D eigenvalue weighted by molar-refractivity contribution is 5.48. The Bertz CT molecular complexity index is 835. The molecule has 174 valence electrons. The van der Waals surface area contributed by atoms with Crippen LogP contribution < -0.4 is 0 Å². The van der Waals surface area contributed by atoms with Crippen molar-refractivity contribution in [3.8, 4) is 0 Å². The zero-order valence-corrected chi connectivity index (χ0v) is 20.5. The molecular formula is C29H42N2O. The van der Waals surface area contributed by atoms with Crippen LogP contribution in [0.3, 0.4) is 0 Å². The minimum absolute atomic E-state index is 0.156. The van der Waals surface area contributed by atoms with Crippen LogP contribution in [-0.2, 0) is 15.9 Å². The Hall–Kier alpha value is -1.68. The minimum atomic E-state index is -0.357. The number of piperidine rings is 1. The molecule has 0 saturated carbocycles. The number of hydrogen-bond acceptors (Lipinski definition) is 3. The molecule has 32 heavy (non-hydrogen) atoms. The highest BCUT2D eigenvalue weighted by Gasteiger charge is 2.54. The summed E-state index contributed by atoms with van der Waals surface area (Å²) in [7, 11) is 2.23. The lowest BCUT2D eigenvalue weighted by atomic mass is 9.79. The summed E-state index contributed by atoms with van der Waals surface area (Å²) in [5, 5.41) is 0. The van der Waals surface area contributed by atoms with E-state index in [1.807, 2.05) is 0 Å². The second kappa shape index (κ2) is 10.5. The molecule has 2 aromatic carbocycles. The van der Waals surface area contributed by atoms with Gasteiger partial charge in [0.1, 0.15) is 5.60 Å². The molecule has 1 fully saturated rings. The molecule has 2 aromatic rings. The van der Waals surface area contributed by atoms with Crippen LogP contribution in [0.5, 0.6) is 0 Å². The van der Waals surface area contributed by atoms with E-state index >= 15 is 0 Å². The number of unbranched alkanes of at least 4 members (excludes halogenated alkanes) is 2. The predicted octanol–water partition coefficient (Wildman–Crippen LogP) is 6.17. The van der Waals surface area contributed by atoms with E-state index in [1.54, 1.807) is 0 Å². The normalized spacial score (nSPS) is 22.5. The fourth-order valence-electron chi connectivity index (χ4n) is 5.69. The van der Waals surface area contributed by atoms with Crippen molar-refractivity contribution in [1.82, 2.24) is 9.80 Å². The summed E-state index contributed by atoms with van der Waals surface area (Å²) in [6, 6.07) is 20.1. The maximum atomic E-state index is 7.39. The summed E-state index contributed by atoms with van der Waals surface area (Å²) in [5.41, 5.74) is 3.64. The third kappa shape index (κ3) is 4.66. The van der Waals surface area contributed by atoms with Crippen molar-refractivity contribution in [1.29, 1.82) is 0 Å². The molecule has 2 heterocycles. The average molecular weight is 435 g/mol. The van der Waals surface area contributed by atoms with Gasteiger partial charge in [-0.2, -0.15) is 0 Å². The van der Waals surface area contributed by atoms with E-state index in [0.717, 1.165) is 38.9 Å². The van der Waals surface area contributed by atoms with Crippen LogP contribution in [0.4, 0.5) is 0 Å². The van der Waals surface area contributed by atoms with Crippen LogP contribution >= 0.6 is 0 Å². The summed E-state index contributed by atoms with van der Waals surface area (Å²) < 4.78 is 7.39. The second-order valence-corrected chi connectivity index (χ2v) is 9.94. The van der Waals surface area contributed by atoms with Gasteiger partial charge in [0.05, 0.1) is 5.60 Å². The number of ether oxygens (including phenoxy) is 1. The van der Waals surface area contributed by atoms with Gasteiger partial charge in [0.15, 0.2) is 0 Å². The maximum absolute atomic E-state index is 7.39.